The SMILES string of the molecule is CCc1ccc(N(CC(=O)N(Cc2cccc(C)c2)[C@H](Cc2ccccc2)C(=O)NCC(C)C)S(=O)(=O)c2ccccc2)cc1. The van der Waals surface area contributed by atoms with Crippen molar-refractivity contribution in [3.05, 3.63) is 131 Å². The van der Waals surface area contributed by atoms with Crippen molar-refractivity contribution in [3.8, 4) is 0 Å². The molecular formula is C37H43N3O4S. The number of hydrogen-bond donors (Lipinski definition) is 1. The number of carbonyl (C=O) groups is 2. The van der Waals surface area contributed by atoms with Crippen LogP contribution in [0.15, 0.2) is 114 Å². The summed E-state index contributed by atoms with van der Waals surface area (Å²) in [6, 6.07) is 31.8. The molecule has 7 nitrogen and oxygen atoms in total. The molecule has 45 heavy (non-hydrogen) atoms. The first-order valence-electron chi connectivity index (χ1n) is 15.4. The van der Waals surface area contributed by atoms with Crippen LogP contribution in [0.1, 0.15) is 43.0 Å². The number of aryl methyl sites for hydroxylation is 2. The number of carbonyl (C=O) groups excluding carboxylic acids is 2. The Hall–Kier alpha value is -4.43. The van der Waals surface area contributed by atoms with Gasteiger partial charge in [-0.15, -0.1) is 0 Å². The molecular weight excluding hydrogens is 582 g/mol. The normalized spacial score (nSPS) is 12.0. The van der Waals surface area contributed by atoms with Crippen LogP contribution >= 0.6 is 0 Å². The number of anilines is 1. The Balaban J connectivity index is 1.79. The van der Waals surface area contributed by atoms with Gasteiger partial charge in [-0.25, -0.2) is 8.42 Å². The second-order valence-electron chi connectivity index (χ2n) is 11.7. The minimum Gasteiger partial charge on any atom is -0.354 e. The van der Waals surface area contributed by atoms with Crippen LogP contribution in [0, 0.1) is 12.8 Å². The average Bonchev–Trinajstić information content (AvgIpc) is 3.05. The summed E-state index contributed by atoms with van der Waals surface area (Å²) in [6.07, 6.45) is 1.07. The fourth-order valence-corrected chi connectivity index (χ4v) is 6.57. The smallest absolute Gasteiger partial charge is 0.264 e. The van der Waals surface area contributed by atoms with E-state index in [1.807, 2.05) is 94.4 Å². The summed E-state index contributed by atoms with van der Waals surface area (Å²) in [6.45, 7) is 8.14. The Labute approximate surface area is 268 Å². The van der Waals surface area contributed by atoms with Crippen molar-refractivity contribution in [3.63, 3.8) is 0 Å². The van der Waals surface area contributed by atoms with Gasteiger partial charge in [-0.2, -0.15) is 0 Å². The van der Waals surface area contributed by atoms with Crippen LogP contribution in [-0.4, -0.2) is 44.3 Å². The van der Waals surface area contributed by atoms with Gasteiger partial charge in [0.2, 0.25) is 11.8 Å². The predicted octanol–water partition coefficient (Wildman–Crippen LogP) is 6.17. The quantitative estimate of drug-likeness (QED) is 0.182. The molecule has 0 bridgehead atoms. The third-order valence-corrected chi connectivity index (χ3v) is 9.42. The monoisotopic (exact) mass is 625 g/mol. The van der Waals surface area contributed by atoms with Crippen molar-refractivity contribution >= 4 is 27.5 Å². The highest BCUT2D eigenvalue weighted by atomic mass is 32.2. The fourth-order valence-electron chi connectivity index (χ4n) is 5.13. The summed E-state index contributed by atoms with van der Waals surface area (Å²) in [5, 5.41) is 3.02. The second-order valence-corrected chi connectivity index (χ2v) is 13.6. The lowest BCUT2D eigenvalue weighted by molar-refractivity contribution is -0.140. The summed E-state index contributed by atoms with van der Waals surface area (Å²) >= 11 is 0. The third kappa shape index (κ3) is 9.05. The number of benzene rings is 4. The standard InChI is InChI=1S/C37H43N3O4S/c1-5-30-19-21-33(22-20-30)40(45(43,44)34-17-10-7-11-18-34)27-36(41)39(26-32-16-12-13-29(4)23-32)35(37(42)38-25-28(2)3)24-31-14-8-6-9-15-31/h6-23,28,35H,5,24-27H2,1-4H3,(H,38,42)/t35-/m1/s1. The van der Waals surface area contributed by atoms with Gasteiger partial charge in [-0.1, -0.05) is 111 Å². The molecule has 4 rings (SSSR count). The lowest BCUT2D eigenvalue weighted by Gasteiger charge is -2.34. The zero-order chi connectivity index (χ0) is 32.4. The zero-order valence-corrected chi connectivity index (χ0v) is 27.3. The van der Waals surface area contributed by atoms with E-state index in [-0.39, 0.29) is 29.7 Å². The highest BCUT2D eigenvalue weighted by Gasteiger charge is 2.34. The topological polar surface area (TPSA) is 86.8 Å². The van der Waals surface area contributed by atoms with Crippen molar-refractivity contribution in [2.45, 2.75) is 58.0 Å². The predicted molar refractivity (Wildman–Crippen MR) is 180 cm³/mol. The van der Waals surface area contributed by atoms with Crippen LogP contribution in [0.25, 0.3) is 0 Å². The summed E-state index contributed by atoms with van der Waals surface area (Å²) in [7, 11) is -4.12. The molecule has 0 fully saturated rings. The molecule has 1 N–H and O–H groups in total. The minimum atomic E-state index is -4.12. The largest absolute Gasteiger partial charge is 0.354 e. The molecule has 0 aliphatic heterocycles. The van der Waals surface area contributed by atoms with Crippen LogP contribution in [0.5, 0.6) is 0 Å². The Morgan fingerprint density at radius 3 is 2.00 bits per heavy atom. The van der Waals surface area contributed by atoms with Gasteiger partial charge in [0.15, 0.2) is 0 Å². The van der Waals surface area contributed by atoms with Crippen molar-refractivity contribution in [2.75, 3.05) is 17.4 Å². The van der Waals surface area contributed by atoms with E-state index in [0.29, 0.717) is 12.2 Å². The van der Waals surface area contributed by atoms with Crippen LogP contribution in [0.3, 0.4) is 0 Å². The maximum atomic E-state index is 14.5. The Morgan fingerprint density at radius 1 is 0.778 bits per heavy atom. The highest BCUT2D eigenvalue weighted by Crippen LogP contribution is 2.26. The molecule has 0 saturated heterocycles. The maximum absolute atomic E-state index is 14.5. The highest BCUT2D eigenvalue weighted by molar-refractivity contribution is 7.92. The Kier molecular flexibility index (Phi) is 11.5. The molecule has 0 aromatic heterocycles. The molecule has 4 aromatic carbocycles. The molecule has 0 saturated carbocycles. The van der Waals surface area contributed by atoms with Crippen LogP contribution in [0.4, 0.5) is 5.69 Å². The minimum absolute atomic E-state index is 0.0816. The van der Waals surface area contributed by atoms with E-state index >= 15 is 0 Å². The number of hydrogen-bond acceptors (Lipinski definition) is 4. The first kappa shape index (κ1) is 33.5. The van der Waals surface area contributed by atoms with Gasteiger partial charge in [-0.05, 0) is 60.2 Å². The van der Waals surface area contributed by atoms with Gasteiger partial charge in [0.25, 0.3) is 10.0 Å². The summed E-state index contributed by atoms with van der Waals surface area (Å²) in [5.74, 6) is -0.542. The number of nitrogens with zero attached hydrogens (tertiary/aromatic N) is 2. The lowest BCUT2D eigenvalue weighted by Crippen LogP contribution is -2.53. The van der Waals surface area contributed by atoms with Gasteiger partial charge in [0.1, 0.15) is 12.6 Å². The molecule has 8 heteroatoms. The fraction of sp³-hybridized carbons (Fsp3) is 0.297. The number of nitrogens with one attached hydrogen (secondary N) is 1. The molecule has 0 unspecified atom stereocenters. The average molecular weight is 626 g/mol. The van der Waals surface area contributed by atoms with Gasteiger partial charge >= 0.3 is 0 Å². The van der Waals surface area contributed by atoms with Gasteiger partial charge < -0.3 is 10.2 Å². The van der Waals surface area contributed by atoms with Gasteiger partial charge in [0, 0.05) is 19.5 Å². The van der Waals surface area contributed by atoms with E-state index < -0.39 is 28.5 Å². The second kappa shape index (κ2) is 15.5. The van der Waals surface area contributed by atoms with Gasteiger partial charge in [-0.3, -0.25) is 13.9 Å². The summed E-state index contributed by atoms with van der Waals surface area (Å²) < 4.78 is 29.3. The zero-order valence-electron chi connectivity index (χ0n) is 26.5. The first-order valence-corrected chi connectivity index (χ1v) is 16.9. The van der Waals surface area contributed by atoms with Crippen LogP contribution in [-0.2, 0) is 39.0 Å². The lowest BCUT2D eigenvalue weighted by atomic mass is 10.0. The van der Waals surface area contributed by atoms with E-state index in [2.05, 4.69) is 5.32 Å². The summed E-state index contributed by atoms with van der Waals surface area (Å²) in [5.41, 5.74) is 4.20. The molecule has 1 atom stereocenters. The van der Waals surface area contributed by atoms with Crippen molar-refractivity contribution in [2.24, 2.45) is 5.92 Å². The summed E-state index contributed by atoms with van der Waals surface area (Å²) in [4.78, 5) is 30.0. The molecule has 0 spiro atoms. The van der Waals surface area contributed by atoms with Crippen LogP contribution in [0.2, 0.25) is 0 Å². The van der Waals surface area contributed by atoms with E-state index in [4.69, 9.17) is 0 Å². The number of sulfonamides is 1. The Morgan fingerprint density at radius 2 is 1.40 bits per heavy atom. The van der Waals surface area contributed by atoms with Crippen LogP contribution < -0.4 is 9.62 Å². The molecule has 236 valence electrons. The molecule has 0 aliphatic carbocycles. The Bertz CT molecular complexity index is 1660. The number of amides is 2. The number of rotatable bonds is 14. The van der Waals surface area contributed by atoms with Gasteiger partial charge in [0.05, 0.1) is 10.6 Å². The maximum Gasteiger partial charge on any atom is 0.264 e. The molecule has 0 heterocycles. The first-order chi connectivity index (χ1) is 21.6. The van der Waals surface area contributed by atoms with Crippen molar-refractivity contribution < 1.29 is 18.0 Å². The molecule has 0 aliphatic rings. The van der Waals surface area contributed by atoms with Crippen molar-refractivity contribution in [1.29, 1.82) is 0 Å². The molecule has 0 radical (unpaired) electrons. The van der Waals surface area contributed by atoms with E-state index in [1.165, 1.54) is 17.0 Å². The third-order valence-electron chi connectivity index (χ3n) is 7.63. The molecule has 4 aromatic rings. The van der Waals surface area contributed by atoms with E-state index in [9.17, 15) is 18.0 Å². The van der Waals surface area contributed by atoms with E-state index in [1.54, 1.807) is 30.3 Å². The van der Waals surface area contributed by atoms with Crippen molar-refractivity contribution in [1.82, 2.24) is 10.2 Å². The molecule has 2 amide bonds. The van der Waals surface area contributed by atoms with E-state index in [0.717, 1.165) is 33.0 Å².